The van der Waals surface area contributed by atoms with E-state index in [1.807, 2.05) is 12.3 Å². The fourth-order valence-corrected chi connectivity index (χ4v) is 3.24. The largest absolute Gasteiger partial charge is 0.385 e. The van der Waals surface area contributed by atoms with Crippen LogP contribution in [0.25, 0.3) is 0 Å². The maximum absolute atomic E-state index is 5.17. The maximum atomic E-state index is 5.17. The molecule has 3 heterocycles. The number of anilines is 4. The zero-order valence-electron chi connectivity index (χ0n) is 13.4. The van der Waals surface area contributed by atoms with Gasteiger partial charge in [-0.05, 0) is 36.6 Å². The van der Waals surface area contributed by atoms with Crippen LogP contribution in [0, 0.1) is 5.92 Å². The Morgan fingerprint density at radius 1 is 1.26 bits per heavy atom. The molecule has 2 aliphatic heterocycles. The van der Waals surface area contributed by atoms with Gasteiger partial charge >= 0.3 is 0 Å². The van der Waals surface area contributed by atoms with Gasteiger partial charge in [-0.3, -0.25) is 0 Å². The van der Waals surface area contributed by atoms with Gasteiger partial charge in [0.05, 0.1) is 11.4 Å². The lowest BCUT2D eigenvalue weighted by atomic mass is 9.96. The molecule has 0 unspecified atom stereocenters. The van der Waals surface area contributed by atoms with E-state index in [1.54, 1.807) is 7.11 Å². The topological polar surface area (TPSA) is 49.4 Å². The lowest BCUT2D eigenvalue weighted by Crippen LogP contribution is -2.47. The van der Waals surface area contributed by atoms with Gasteiger partial charge in [-0.15, -0.1) is 0 Å². The smallest absolute Gasteiger partial charge is 0.135 e. The van der Waals surface area contributed by atoms with Crippen molar-refractivity contribution in [1.82, 2.24) is 4.98 Å². The van der Waals surface area contributed by atoms with Crippen molar-refractivity contribution in [3.05, 3.63) is 42.1 Å². The Morgan fingerprint density at radius 3 is 3.04 bits per heavy atom. The van der Waals surface area contributed by atoms with Crippen molar-refractivity contribution < 1.29 is 4.74 Å². The summed E-state index contributed by atoms with van der Waals surface area (Å²) in [5, 5.41) is 6.95. The molecule has 0 spiro atoms. The summed E-state index contributed by atoms with van der Waals surface area (Å²) in [5.74, 6) is 1.70. The van der Waals surface area contributed by atoms with Crippen LogP contribution in [0.15, 0.2) is 36.5 Å². The highest BCUT2D eigenvalue weighted by Gasteiger charge is 2.27. The zero-order valence-corrected chi connectivity index (χ0v) is 13.4. The second-order valence-corrected chi connectivity index (χ2v) is 6.27. The molecule has 0 radical (unpaired) electrons. The summed E-state index contributed by atoms with van der Waals surface area (Å²) in [6, 6.07) is 10.6. The van der Waals surface area contributed by atoms with Crippen molar-refractivity contribution in [3.8, 4) is 0 Å². The summed E-state index contributed by atoms with van der Waals surface area (Å²) in [6.07, 6.45) is 2.98. The van der Waals surface area contributed by atoms with Gasteiger partial charge in [0.25, 0.3) is 0 Å². The van der Waals surface area contributed by atoms with Crippen LogP contribution in [-0.2, 0) is 11.3 Å². The van der Waals surface area contributed by atoms with Gasteiger partial charge in [0.1, 0.15) is 5.82 Å². The van der Waals surface area contributed by atoms with E-state index >= 15 is 0 Å². The van der Waals surface area contributed by atoms with Crippen molar-refractivity contribution in [3.63, 3.8) is 0 Å². The number of nitrogens with one attached hydrogen (secondary N) is 2. The second-order valence-electron chi connectivity index (χ2n) is 6.27. The summed E-state index contributed by atoms with van der Waals surface area (Å²) in [6.45, 7) is 3.90. The van der Waals surface area contributed by atoms with E-state index in [0.29, 0.717) is 0 Å². The first-order chi connectivity index (χ1) is 11.3. The molecule has 0 aliphatic carbocycles. The van der Waals surface area contributed by atoms with Crippen LogP contribution in [0.5, 0.6) is 0 Å². The predicted molar refractivity (Wildman–Crippen MR) is 93.5 cm³/mol. The predicted octanol–water partition coefficient (Wildman–Crippen LogP) is 3.22. The maximum Gasteiger partial charge on any atom is 0.135 e. The standard InChI is InChI=1S/C18H22N4O/c1-23-8-6-13-11-22(12-13)15-4-5-16-17(9-15)20-10-14-3-2-7-19-18(14)21-16/h2-5,7,9,13,20H,6,8,10-12H2,1H3,(H,19,21). The Kier molecular flexibility index (Phi) is 3.79. The first-order valence-electron chi connectivity index (χ1n) is 8.16. The van der Waals surface area contributed by atoms with Gasteiger partial charge in [0, 0.05) is 50.8 Å². The number of pyridine rings is 1. The number of ether oxygens (including phenoxy) is 1. The van der Waals surface area contributed by atoms with E-state index in [9.17, 15) is 0 Å². The Hall–Kier alpha value is -2.27. The third-order valence-corrected chi connectivity index (χ3v) is 4.67. The van der Waals surface area contributed by atoms with Crippen molar-refractivity contribution in [1.29, 1.82) is 0 Å². The van der Waals surface area contributed by atoms with Crippen molar-refractivity contribution >= 4 is 22.9 Å². The number of rotatable bonds is 4. The monoisotopic (exact) mass is 310 g/mol. The third kappa shape index (κ3) is 2.84. The molecule has 0 bridgehead atoms. The van der Waals surface area contributed by atoms with Crippen LogP contribution < -0.4 is 15.5 Å². The number of hydrogen-bond acceptors (Lipinski definition) is 5. The molecule has 2 aromatic rings. The van der Waals surface area contributed by atoms with E-state index in [0.717, 1.165) is 55.8 Å². The zero-order chi connectivity index (χ0) is 15.6. The number of aromatic nitrogens is 1. The lowest BCUT2D eigenvalue weighted by molar-refractivity contribution is 0.169. The van der Waals surface area contributed by atoms with Crippen molar-refractivity contribution in [2.24, 2.45) is 5.92 Å². The van der Waals surface area contributed by atoms with Gasteiger partial charge in [-0.25, -0.2) is 4.98 Å². The normalized spacial score (nSPS) is 16.5. The minimum absolute atomic E-state index is 0.758. The highest BCUT2D eigenvalue weighted by atomic mass is 16.5. The van der Waals surface area contributed by atoms with E-state index in [4.69, 9.17) is 4.74 Å². The molecule has 0 saturated carbocycles. The van der Waals surface area contributed by atoms with Crippen LogP contribution in [-0.4, -0.2) is 31.8 Å². The van der Waals surface area contributed by atoms with Crippen molar-refractivity contribution in [2.75, 3.05) is 42.3 Å². The Bertz CT molecular complexity index is 697. The minimum atomic E-state index is 0.758. The molecule has 120 valence electrons. The molecule has 0 atom stereocenters. The Labute approximate surface area is 136 Å². The first kappa shape index (κ1) is 14.3. The molecule has 23 heavy (non-hydrogen) atoms. The summed E-state index contributed by atoms with van der Waals surface area (Å²) >= 11 is 0. The average molecular weight is 310 g/mol. The fourth-order valence-electron chi connectivity index (χ4n) is 3.24. The molecule has 2 aliphatic rings. The van der Waals surface area contributed by atoms with Crippen LogP contribution in [0.4, 0.5) is 22.9 Å². The molecule has 4 rings (SSSR count). The van der Waals surface area contributed by atoms with Crippen LogP contribution >= 0.6 is 0 Å². The molecular formula is C18H22N4O. The summed E-state index contributed by atoms with van der Waals surface area (Å²) in [5.41, 5.74) is 4.70. The molecular weight excluding hydrogens is 288 g/mol. The van der Waals surface area contributed by atoms with Gasteiger partial charge in [0.15, 0.2) is 0 Å². The highest BCUT2D eigenvalue weighted by molar-refractivity contribution is 5.80. The SMILES string of the molecule is COCCC1CN(c2ccc3c(c2)NCc2cccnc2N3)C1. The number of benzene rings is 1. The quantitative estimate of drug-likeness (QED) is 0.908. The number of fused-ring (bicyclic) bond motifs is 2. The number of methoxy groups -OCH3 is 1. The molecule has 1 saturated heterocycles. The summed E-state index contributed by atoms with van der Waals surface area (Å²) < 4.78 is 5.17. The van der Waals surface area contributed by atoms with Gasteiger partial charge in [0.2, 0.25) is 0 Å². The van der Waals surface area contributed by atoms with Crippen LogP contribution in [0.2, 0.25) is 0 Å². The fraction of sp³-hybridized carbons (Fsp3) is 0.389. The minimum Gasteiger partial charge on any atom is -0.385 e. The molecule has 2 N–H and O–H groups in total. The van der Waals surface area contributed by atoms with E-state index in [2.05, 4.69) is 44.8 Å². The summed E-state index contributed by atoms with van der Waals surface area (Å²) in [4.78, 5) is 6.86. The Balaban J connectivity index is 1.48. The van der Waals surface area contributed by atoms with Gasteiger partial charge < -0.3 is 20.3 Å². The lowest BCUT2D eigenvalue weighted by Gasteiger charge is -2.41. The molecule has 0 amide bonds. The molecule has 1 aromatic carbocycles. The molecule has 1 fully saturated rings. The second kappa shape index (κ2) is 6.08. The molecule has 5 heteroatoms. The van der Waals surface area contributed by atoms with E-state index < -0.39 is 0 Å². The first-order valence-corrected chi connectivity index (χ1v) is 8.16. The molecule has 5 nitrogen and oxygen atoms in total. The van der Waals surface area contributed by atoms with E-state index in [1.165, 1.54) is 11.3 Å². The van der Waals surface area contributed by atoms with Gasteiger partial charge in [-0.1, -0.05) is 6.07 Å². The molecule has 1 aromatic heterocycles. The Morgan fingerprint density at radius 2 is 2.17 bits per heavy atom. The highest BCUT2D eigenvalue weighted by Crippen LogP contribution is 2.36. The number of nitrogens with zero attached hydrogens (tertiary/aromatic N) is 2. The summed E-state index contributed by atoms with van der Waals surface area (Å²) in [7, 11) is 1.77. The van der Waals surface area contributed by atoms with E-state index in [-0.39, 0.29) is 0 Å². The van der Waals surface area contributed by atoms with Crippen LogP contribution in [0.1, 0.15) is 12.0 Å². The number of hydrogen-bond donors (Lipinski definition) is 2. The van der Waals surface area contributed by atoms with Crippen LogP contribution in [0.3, 0.4) is 0 Å². The van der Waals surface area contributed by atoms with Gasteiger partial charge in [-0.2, -0.15) is 0 Å². The average Bonchev–Trinajstić information content (AvgIpc) is 2.72. The van der Waals surface area contributed by atoms with Crippen molar-refractivity contribution in [2.45, 2.75) is 13.0 Å². The third-order valence-electron chi connectivity index (χ3n) is 4.67.